The Morgan fingerprint density at radius 3 is 0.810 bits per heavy atom. The van der Waals surface area contributed by atoms with Gasteiger partial charge in [0.25, 0.3) is 0 Å². The molecule has 0 spiro atoms. The molecule has 0 aromatic carbocycles. The van der Waals surface area contributed by atoms with E-state index in [1.54, 1.807) is 0 Å². The zero-order valence-electron chi connectivity index (χ0n) is 17.8. The van der Waals surface area contributed by atoms with E-state index in [1.165, 1.54) is 4.74 Å². The number of hydrogen-bond donors (Lipinski definition) is 0. The van der Waals surface area contributed by atoms with Gasteiger partial charge in [-0.15, -0.1) is 13.2 Å². The molecular weight excluding hydrogens is 698 g/mol. The average molecular weight is 700 g/mol. The molecule has 0 aliphatic rings. The smallest absolute Gasteiger partial charge is 0.244 e. The van der Waals surface area contributed by atoms with E-state index in [4.69, 9.17) is 0 Å². The third-order valence-electron chi connectivity index (χ3n) is 4.00. The Bertz CT molecular complexity index is 948. The lowest BCUT2D eigenvalue weighted by Gasteiger charge is -2.42. The molecule has 0 bridgehead atoms. The second kappa shape index (κ2) is 10.3. The van der Waals surface area contributed by atoms with Crippen LogP contribution in [0, 0.1) is 0 Å². The molecule has 0 aromatic rings. The summed E-state index contributed by atoms with van der Waals surface area (Å²) in [5, 5.41) is 0. The molecule has 0 aliphatic carbocycles. The van der Waals surface area contributed by atoms with E-state index in [2.05, 4.69) is 0 Å². The molecule has 0 N–H and O–H groups in total. The zero-order valence-corrected chi connectivity index (χ0v) is 17.8. The van der Waals surface area contributed by atoms with Gasteiger partial charge in [-0.25, -0.2) is 18.6 Å². The molecule has 0 radical (unpaired) electrons. The first-order valence-electron chi connectivity index (χ1n) is 8.57. The minimum Gasteiger partial charge on any atom is -0.244 e. The molecule has 29 heteroatoms. The highest BCUT2D eigenvalue weighted by Gasteiger charge is 2.94. The maximum Gasteiger partial charge on any atom is 0.527 e. The van der Waals surface area contributed by atoms with E-state index >= 15 is 0 Å². The highest BCUT2D eigenvalue weighted by molar-refractivity contribution is 5.13. The quantitative estimate of drug-likeness (QED) is 0.171. The molecule has 3 nitrogen and oxygen atoms in total. The third-order valence-corrected chi connectivity index (χ3v) is 4.00. The molecule has 254 valence electrons. The van der Waals surface area contributed by atoms with Crippen LogP contribution in [0.15, 0.2) is 0 Å². The van der Waals surface area contributed by atoms with Crippen molar-refractivity contribution in [2.24, 2.45) is 0 Å². The Morgan fingerprint density at radius 2 is 0.524 bits per heavy atom. The predicted molar refractivity (Wildman–Crippen MR) is 69.7 cm³/mol. The lowest BCUT2D eigenvalue weighted by atomic mass is 9.91. The van der Waals surface area contributed by atoms with Crippen LogP contribution in [-0.4, -0.2) is 79.1 Å². The fourth-order valence-electron chi connectivity index (χ4n) is 1.86. The van der Waals surface area contributed by atoms with Crippen molar-refractivity contribution in [1.29, 1.82) is 0 Å². The Kier molecular flexibility index (Phi) is 9.84. The first-order valence-corrected chi connectivity index (χ1v) is 8.57. The summed E-state index contributed by atoms with van der Waals surface area (Å²) in [5.74, 6) is -51.6. The Labute approximate surface area is 209 Å². The van der Waals surface area contributed by atoms with Gasteiger partial charge < -0.3 is 0 Å². The summed E-state index contributed by atoms with van der Waals surface area (Å²) in [5.41, 5.74) is 0. The van der Waals surface area contributed by atoms with Gasteiger partial charge in [-0.1, -0.05) is 0 Å². The maximum atomic E-state index is 13.4. The highest BCUT2D eigenvalue weighted by Crippen LogP contribution is 2.63. The SMILES string of the molecule is FCC(F)(F)C(F)(F)C(F)(F)C(F)(F)C(F)(F)C(F)(F)C(F)(F)OC(F)(F)C(F)(F)OC(F)(F)C(F)(F)OC(F)(F)F. The van der Waals surface area contributed by atoms with Gasteiger partial charge in [0.2, 0.25) is 0 Å². The van der Waals surface area contributed by atoms with Crippen LogP contribution in [0.1, 0.15) is 0 Å². The van der Waals surface area contributed by atoms with Crippen molar-refractivity contribution in [3.05, 3.63) is 0 Å². The molecule has 0 aromatic heterocycles. The predicted octanol–water partition coefficient (Wildman–Crippen LogP) is 8.30. The molecule has 0 heterocycles. The highest BCUT2D eigenvalue weighted by atomic mass is 19.4. The van der Waals surface area contributed by atoms with Gasteiger partial charge in [-0.05, 0) is 0 Å². The Balaban J connectivity index is 6.67. The number of ether oxygens (including phenoxy) is 3. The van der Waals surface area contributed by atoms with Gasteiger partial charge in [0.05, 0.1) is 0 Å². The van der Waals surface area contributed by atoms with Crippen LogP contribution in [0.5, 0.6) is 0 Å². The average Bonchev–Trinajstić information content (AvgIpc) is 2.69. The molecule has 0 atom stereocenters. The van der Waals surface area contributed by atoms with E-state index in [9.17, 15) is 114 Å². The lowest BCUT2D eigenvalue weighted by Crippen LogP contribution is -2.74. The number of rotatable bonds is 14. The van der Waals surface area contributed by atoms with Gasteiger partial charge in [0.15, 0.2) is 6.67 Å². The largest absolute Gasteiger partial charge is 0.527 e. The lowest BCUT2D eigenvalue weighted by molar-refractivity contribution is -0.574. The molecule has 0 saturated heterocycles. The molecule has 0 saturated carbocycles. The van der Waals surface area contributed by atoms with Crippen molar-refractivity contribution >= 4 is 0 Å². The first kappa shape index (κ1) is 40.1. The fourth-order valence-corrected chi connectivity index (χ4v) is 1.86. The van der Waals surface area contributed by atoms with E-state index in [0.29, 0.717) is 0 Å². The summed E-state index contributed by atoms with van der Waals surface area (Å²) in [4.78, 5) is 0. The molecule has 42 heavy (non-hydrogen) atoms. The number of halogens is 26. The fraction of sp³-hybridized carbons (Fsp3) is 1.00. The molecule has 0 aliphatic heterocycles. The van der Waals surface area contributed by atoms with Crippen LogP contribution in [0.4, 0.5) is 114 Å². The van der Waals surface area contributed by atoms with Crippen LogP contribution in [0.25, 0.3) is 0 Å². The van der Waals surface area contributed by atoms with E-state index in [1.807, 2.05) is 0 Å². The number of hydrogen-bond acceptors (Lipinski definition) is 3. The van der Waals surface area contributed by atoms with Crippen molar-refractivity contribution in [3.63, 3.8) is 0 Å². The third kappa shape index (κ3) is 6.30. The normalized spacial score (nSPS) is 16.7. The standard InChI is InChI=1S/C13H2F26O3/c14-1-2(15,16)3(17,18)4(19,20)5(21,22)6(23,24)7(25,26)8(27,28)40-9(29,30)10(31,32)41-11(33,34)12(35,36)42-13(37,38)39/h1H2. The topological polar surface area (TPSA) is 27.7 Å². The van der Waals surface area contributed by atoms with Gasteiger partial charge in [0.1, 0.15) is 0 Å². The summed E-state index contributed by atoms with van der Waals surface area (Å²) >= 11 is 0. The van der Waals surface area contributed by atoms with Crippen molar-refractivity contribution in [2.75, 3.05) is 6.67 Å². The van der Waals surface area contributed by atoms with Crippen LogP contribution < -0.4 is 0 Å². The Morgan fingerprint density at radius 1 is 0.286 bits per heavy atom. The minimum atomic E-state index is -9.17. The van der Waals surface area contributed by atoms with E-state index < -0.39 is 79.1 Å². The zero-order chi connectivity index (χ0) is 34.8. The number of alkyl halides is 26. The van der Waals surface area contributed by atoms with Gasteiger partial charge >= 0.3 is 72.4 Å². The summed E-state index contributed by atoms with van der Waals surface area (Å²) in [7, 11) is 0. The van der Waals surface area contributed by atoms with Crippen molar-refractivity contribution in [2.45, 2.75) is 72.4 Å². The van der Waals surface area contributed by atoms with Crippen molar-refractivity contribution in [1.82, 2.24) is 0 Å². The Hall–Kier alpha value is -1.94. The molecule has 0 rings (SSSR count). The first-order chi connectivity index (χ1) is 17.7. The van der Waals surface area contributed by atoms with Crippen LogP contribution in [0.3, 0.4) is 0 Å². The summed E-state index contributed by atoms with van der Waals surface area (Å²) in [6.07, 6.45) is -47.6. The molecular formula is C13H2F26O3. The van der Waals surface area contributed by atoms with Crippen LogP contribution in [0.2, 0.25) is 0 Å². The second-order valence-corrected chi connectivity index (χ2v) is 7.05. The van der Waals surface area contributed by atoms with Gasteiger partial charge in [-0.2, -0.15) is 96.6 Å². The second-order valence-electron chi connectivity index (χ2n) is 7.05. The van der Waals surface area contributed by atoms with Crippen LogP contribution in [-0.2, 0) is 14.2 Å². The van der Waals surface area contributed by atoms with E-state index in [-0.39, 0.29) is 0 Å². The summed E-state index contributed by atoms with van der Waals surface area (Å²) in [6.45, 7) is -4.19. The summed E-state index contributed by atoms with van der Waals surface area (Å²) in [6, 6.07) is 0. The molecule has 0 unspecified atom stereocenters. The van der Waals surface area contributed by atoms with Gasteiger partial charge in [-0.3, -0.25) is 0 Å². The van der Waals surface area contributed by atoms with Gasteiger partial charge in [0, 0.05) is 0 Å². The van der Waals surface area contributed by atoms with E-state index in [0.717, 1.165) is 9.47 Å². The monoisotopic (exact) mass is 700 g/mol. The van der Waals surface area contributed by atoms with Crippen molar-refractivity contribution < 1.29 is 128 Å². The van der Waals surface area contributed by atoms with Crippen LogP contribution >= 0.6 is 0 Å². The summed E-state index contributed by atoms with van der Waals surface area (Å²) < 4.78 is 338. The minimum absolute atomic E-state index is 0.896. The molecule has 0 fully saturated rings. The maximum absolute atomic E-state index is 13.4. The molecule has 0 amide bonds. The van der Waals surface area contributed by atoms with Crippen molar-refractivity contribution in [3.8, 4) is 0 Å².